The van der Waals surface area contributed by atoms with Crippen LogP contribution in [0.15, 0.2) is 65.8 Å². The first-order chi connectivity index (χ1) is 25.9. The van der Waals surface area contributed by atoms with Crippen molar-refractivity contribution in [3.8, 4) is 5.75 Å². The number of nitrogens with zero attached hydrogens (tertiary/aromatic N) is 3. The van der Waals surface area contributed by atoms with Crippen LogP contribution >= 0.6 is 11.6 Å². The van der Waals surface area contributed by atoms with E-state index < -0.39 is 72.5 Å². The highest BCUT2D eigenvalue weighted by atomic mass is 35.5. The predicted molar refractivity (Wildman–Crippen MR) is 197 cm³/mol. The third kappa shape index (κ3) is 11.9. The number of ether oxygens (including phenoxy) is 6. The van der Waals surface area contributed by atoms with Crippen molar-refractivity contribution in [1.82, 2.24) is 10.6 Å². The maximum atomic E-state index is 13.9. The van der Waals surface area contributed by atoms with E-state index in [-0.39, 0.29) is 44.7 Å². The molecule has 2 N–H and O–H groups in total. The fraction of sp³-hybridized carbons (Fsp3) is 0.526. The summed E-state index contributed by atoms with van der Waals surface area (Å²) in [6, 6.07) is 13.3. The van der Waals surface area contributed by atoms with Crippen LogP contribution in [0.3, 0.4) is 0 Å². The lowest BCUT2D eigenvalue weighted by atomic mass is 9.89. The highest BCUT2D eigenvalue weighted by molar-refractivity contribution is 6.32. The number of cyclic esters (lactones) is 2. The summed E-state index contributed by atoms with van der Waals surface area (Å²) in [5.74, 6) is -3.91. The number of halogens is 1. The molecule has 2 amide bonds. The zero-order valence-electron chi connectivity index (χ0n) is 31.0. The molecule has 2 aliphatic rings. The topological polar surface area (TPSA) is 196 Å². The molecule has 2 aromatic rings. The first kappa shape index (κ1) is 42.1. The van der Waals surface area contributed by atoms with Crippen molar-refractivity contribution in [2.24, 2.45) is 22.9 Å². The summed E-state index contributed by atoms with van der Waals surface area (Å²) in [5.41, 5.74) is 10.3. The SMILES string of the molecule is COc1ccc(C[C@H]2NC(=O)/C=C/C[C@@H]([C@H](C)[C@H]3OC(OC)O[C@@H]3c3ccccc3)OC(=O)[C@H](CC(C)C)OC(=O)[C@@H](CCN=[N+]=[N-])CNC2=O)cc1Cl. The van der Waals surface area contributed by atoms with Gasteiger partial charge in [-0.3, -0.25) is 14.4 Å². The van der Waals surface area contributed by atoms with Gasteiger partial charge in [0.25, 0.3) is 6.48 Å². The average Bonchev–Trinajstić information content (AvgIpc) is 3.59. The van der Waals surface area contributed by atoms with Crippen LogP contribution in [0.2, 0.25) is 5.02 Å². The summed E-state index contributed by atoms with van der Waals surface area (Å²) < 4.78 is 34.8. The molecule has 2 heterocycles. The Kier molecular flexibility index (Phi) is 16.1. The summed E-state index contributed by atoms with van der Waals surface area (Å²) in [7, 11) is 2.94. The van der Waals surface area contributed by atoms with E-state index in [2.05, 4.69) is 20.7 Å². The Hall–Kier alpha value is -4.66. The van der Waals surface area contributed by atoms with Gasteiger partial charge in [0.15, 0.2) is 6.10 Å². The smallest absolute Gasteiger partial charge is 0.347 e. The number of hydrogen-bond donors (Lipinski definition) is 2. The number of carbonyl (C=O) groups is 4. The molecule has 15 nitrogen and oxygen atoms in total. The van der Waals surface area contributed by atoms with Crippen molar-refractivity contribution >= 4 is 35.4 Å². The van der Waals surface area contributed by atoms with Gasteiger partial charge < -0.3 is 39.1 Å². The van der Waals surface area contributed by atoms with Gasteiger partial charge in [-0.2, -0.15) is 0 Å². The van der Waals surface area contributed by atoms with Crippen molar-refractivity contribution < 1.29 is 47.6 Å². The molecule has 292 valence electrons. The molecule has 8 atom stereocenters. The number of esters is 2. The monoisotopic (exact) mass is 769 g/mol. The molecule has 0 bridgehead atoms. The first-order valence-electron chi connectivity index (χ1n) is 17.8. The molecule has 16 heteroatoms. The molecule has 1 unspecified atom stereocenters. The molecular weight excluding hydrogens is 722 g/mol. The van der Waals surface area contributed by atoms with E-state index in [0.29, 0.717) is 16.3 Å². The second-order valence-electron chi connectivity index (χ2n) is 13.5. The Morgan fingerprint density at radius 3 is 2.44 bits per heavy atom. The van der Waals surface area contributed by atoms with E-state index in [1.807, 2.05) is 51.1 Å². The quantitative estimate of drug-likeness (QED) is 0.123. The van der Waals surface area contributed by atoms with Gasteiger partial charge in [0.2, 0.25) is 11.8 Å². The Morgan fingerprint density at radius 2 is 1.78 bits per heavy atom. The van der Waals surface area contributed by atoms with Gasteiger partial charge in [0, 0.05) is 43.9 Å². The normalized spacial score (nSPS) is 26.8. The minimum atomic E-state index is -1.30. The highest BCUT2D eigenvalue weighted by Crippen LogP contribution is 2.39. The van der Waals surface area contributed by atoms with Crippen molar-refractivity contribution in [1.29, 1.82) is 0 Å². The Morgan fingerprint density at radius 1 is 1.02 bits per heavy atom. The zero-order valence-corrected chi connectivity index (χ0v) is 31.8. The first-order valence-corrected chi connectivity index (χ1v) is 18.2. The van der Waals surface area contributed by atoms with E-state index in [0.717, 1.165) is 5.56 Å². The average molecular weight is 770 g/mol. The number of rotatable bonds is 12. The summed E-state index contributed by atoms with van der Waals surface area (Å²) in [5, 5.41) is 9.33. The molecule has 0 aliphatic carbocycles. The van der Waals surface area contributed by atoms with Gasteiger partial charge in [-0.15, -0.1) is 0 Å². The van der Waals surface area contributed by atoms with Crippen LogP contribution in [0.5, 0.6) is 5.75 Å². The lowest BCUT2D eigenvalue weighted by Gasteiger charge is -2.31. The van der Waals surface area contributed by atoms with Crippen molar-refractivity contribution in [3.05, 3.63) is 87.3 Å². The fourth-order valence-electron chi connectivity index (χ4n) is 6.23. The number of azide groups is 1. The lowest BCUT2D eigenvalue weighted by molar-refractivity contribution is -0.233. The Balaban J connectivity index is 1.69. The molecule has 54 heavy (non-hydrogen) atoms. The summed E-state index contributed by atoms with van der Waals surface area (Å²) in [4.78, 5) is 57.3. The molecule has 0 radical (unpaired) electrons. The standard InChI is InChI=1S/C38H48ClN5O10/c1-22(2)18-31-37(48)51-29(23(3)33-34(54-38(50-5)53-33)25-10-7-6-8-11-25)12-9-13-32(45)43-28(20-24-14-15-30(49-4)27(39)19-24)35(46)41-21-26(36(47)52-31)16-17-42-44-40/h6-11,13-15,19,22-23,26,28-29,31,33-34,38H,12,16-18,20-21H2,1-5H3,(H,41,46)(H,43,45)/b13-9+/t23-,26-,28+,29-,31-,33+,34+,38?/m0/s1. The van der Waals surface area contributed by atoms with E-state index in [1.54, 1.807) is 24.3 Å². The van der Waals surface area contributed by atoms with Crippen molar-refractivity contribution in [3.63, 3.8) is 0 Å². The maximum Gasteiger partial charge on any atom is 0.347 e. The van der Waals surface area contributed by atoms with Crippen LogP contribution in [-0.2, 0) is 49.3 Å². The Bertz CT molecular complexity index is 1670. The number of benzene rings is 2. The van der Waals surface area contributed by atoms with Crippen LogP contribution in [0.25, 0.3) is 10.4 Å². The molecular formula is C38H48ClN5O10. The molecule has 0 spiro atoms. The fourth-order valence-corrected chi connectivity index (χ4v) is 6.51. The van der Waals surface area contributed by atoms with Gasteiger partial charge in [0.05, 0.1) is 24.2 Å². The third-order valence-electron chi connectivity index (χ3n) is 9.15. The van der Waals surface area contributed by atoms with Gasteiger partial charge in [0.1, 0.15) is 24.0 Å². The van der Waals surface area contributed by atoms with Gasteiger partial charge in [-0.1, -0.05) is 80.0 Å². The van der Waals surface area contributed by atoms with Crippen LogP contribution in [0.4, 0.5) is 0 Å². The largest absolute Gasteiger partial charge is 0.495 e. The van der Waals surface area contributed by atoms with E-state index in [1.165, 1.54) is 20.3 Å². The number of amides is 2. The molecule has 2 aliphatic heterocycles. The molecule has 4 rings (SSSR count). The molecule has 1 fully saturated rings. The van der Waals surface area contributed by atoms with E-state index in [4.69, 9.17) is 45.6 Å². The molecule has 1 saturated heterocycles. The van der Waals surface area contributed by atoms with Crippen molar-refractivity contribution in [2.45, 2.75) is 83.4 Å². The number of carbonyl (C=O) groups excluding carboxylic acids is 4. The van der Waals surface area contributed by atoms with Crippen LogP contribution in [0.1, 0.15) is 57.3 Å². The van der Waals surface area contributed by atoms with E-state index in [9.17, 15) is 19.2 Å². The highest BCUT2D eigenvalue weighted by Gasteiger charge is 2.44. The van der Waals surface area contributed by atoms with Crippen LogP contribution in [0, 0.1) is 17.8 Å². The second kappa shape index (κ2) is 20.7. The predicted octanol–water partition coefficient (Wildman–Crippen LogP) is 5.36. The Labute approximate surface area is 319 Å². The second-order valence-corrected chi connectivity index (χ2v) is 13.9. The summed E-state index contributed by atoms with van der Waals surface area (Å²) in [6.07, 6.45) is -0.326. The minimum absolute atomic E-state index is 0.0146. The third-order valence-corrected chi connectivity index (χ3v) is 9.44. The molecule has 0 saturated carbocycles. The van der Waals surface area contributed by atoms with Crippen LogP contribution in [-0.4, -0.2) is 81.9 Å². The number of nitrogens with one attached hydrogen (secondary N) is 2. The molecule has 0 aromatic heterocycles. The van der Waals surface area contributed by atoms with Gasteiger partial charge >= 0.3 is 11.9 Å². The summed E-state index contributed by atoms with van der Waals surface area (Å²) in [6.45, 7) is 4.29. The minimum Gasteiger partial charge on any atom is -0.495 e. The van der Waals surface area contributed by atoms with Gasteiger partial charge in [-0.05, 0) is 53.6 Å². The molecule has 2 aromatic carbocycles. The zero-order chi connectivity index (χ0) is 39.2. The lowest BCUT2D eigenvalue weighted by Crippen LogP contribution is -2.49. The van der Waals surface area contributed by atoms with Crippen molar-refractivity contribution in [2.75, 3.05) is 27.3 Å². The van der Waals surface area contributed by atoms with Gasteiger partial charge in [-0.25, -0.2) is 4.79 Å². The number of hydrogen-bond acceptors (Lipinski definition) is 11. The van der Waals surface area contributed by atoms with Crippen LogP contribution < -0.4 is 15.4 Å². The van der Waals surface area contributed by atoms with E-state index >= 15 is 0 Å². The maximum absolute atomic E-state index is 13.9. The number of methoxy groups -OCH3 is 2. The summed E-state index contributed by atoms with van der Waals surface area (Å²) >= 11 is 6.35.